The molecule has 1 heterocycles. The molecule has 0 aromatic heterocycles. The van der Waals surface area contributed by atoms with Gasteiger partial charge in [0.1, 0.15) is 18.5 Å². The minimum absolute atomic E-state index is 0.0206. The van der Waals surface area contributed by atoms with Crippen molar-refractivity contribution in [1.82, 2.24) is 10.0 Å². The molecule has 2 amide bonds. The van der Waals surface area contributed by atoms with Crippen LogP contribution in [0.25, 0.3) is 0 Å². The average molecular weight is 614 g/mol. The number of anilines is 1. The number of aliphatic hydroxyl groups excluding tert-OH is 2. The predicted octanol–water partition coefficient (Wildman–Crippen LogP) is 2.46. The topological polar surface area (TPSA) is 193 Å². The Labute approximate surface area is 250 Å². The SMILES string of the molecule is C=CSNCCCCCC(=O)NCCC(=O)Nc1cc(COC(C)=O)ccc1OC1OC(C(=O)O)CC(O)[C@H]1O.CC. The van der Waals surface area contributed by atoms with Gasteiger partial charge in [-0.3, -0.25) is 19.1 Å². The minimum atomic E-state index is -1.54. The normalized spacial score (nSPS) is 19.5. The van der Waals surface area contributed by atoms with Crippen molar-refractivity contribution in [2.75, 3.05) is 18.4 Å². The molecule has 1 fully saturated rings. The number of ether oxygens (including phenoxy) is 3. The van der Waals surface area contributed by atoms with Gasteiger partial charge in [-0.2, -0.15) is 0 Å². The lowest BCUT2D eigenvalue weighted by molar-refractivity contribution is -0.238. The molecule has 6 N–H and O–H groups in total. The molecular formula is C28H43N3O10S. The highest BCUT2D eigenvalue weighted by Gasteiger charge is 2.41. The summed E-state index contributed by atoms with van der Waals surface area (Å²) in [5.74, 6) is -2.44. The molecule has 0 bridgehead atoms. The quantitative estimate of drug-likeness (QED) is 0.0855. The second-order valence-corrected chi connectivity index (χ2v) is 9.85. The van der Waals surface area contributed by atoms with Crippen LogP contribution in [-0.4, -0.2) is 76.8 Å². The fourth-order valence-electron chi connectivity index (χ4n) is 3.67. The van der Waals surface area contributed by atoms with E-state index in [1.807, 2.05) is 13.8 Å². The Balaban J connectivity index is 0.00000431. The minimum Gasteiger partial charge on any atom is -0.479 e. The van der Waals surface area contributed by atoms with E-state index in [-0.39, 0.29) is 43.3 Å². The lowest BCUT2D eigenvalue weighted by atomic mass is 10.0. The average Bonchev–Trinajstić information content (AvgIpc) is 2.95. The number of hydrogen-bond donors (Lipinski definition) is 6. The van der Waals surface area contributed by atoms with Crippen molar-refractivity contribution >= 4 is 41.4 Å². The van der Waals surface area contributed by atoms with Gasteiger partial charge in [0.25, 0.3) is 0 Å². The number of carbonyl (C=O) groups excluding carboxylic acids is 3. The Bertz CT molecular complexity index is 1030. The highest BCUT2D eigenvalue weighted by molar-refractivity contribution is 8.00. The number of aliphatic carboxylic acids is 1. The predicted molar refractivity (Wildman–Crippen MR) is 157 cm³/mol. The highest BCUT2D eigenvalue weighted by atomic mass is 32.2. The van der Waals surface area contributed by atoms with Crippen LogP contribution in [0.15, 0.2) is 30.2 Å². The van der Waals surface area contributed by atoms with E-state index in [0.717, 1.165) is 25.8 Å². The van der Waals surface area contributed by atoms with Gasteiger partial charge in [-0.25, -0.2) is 4.79 Å². The number of esters is 1. The van der Waals surface area contributed by atoms with E-state index in [0.29, 0.717) is 12.0 Å². The van der Waals surface area contributed by atoms with Gasteiger partial charge in [0, 0.05) is 39.3 Å². The van der Waals surface area contributed by atoms with Crippen LogP contribution < -0.4 is 20.1 Å². The molecule has 1 aliphatic heterocycles. The summed E-state index contributed by atoms with van der Waals surface area (Å²) in [7, 11) is 0. The summed E-state index contributed by atoms with van der Waals surface area (Å²) >= 11 is 1.42. The van der Waals surface area contributed by atoms with Gasteiger partial charge in [-0.15, -0.1) is 0 Å². The highest BCUT2D eigenvalue weighted by Crippen LogP contribution is 2.31. The zero-order chi connectivity index (χ0) is 31.5. The molecule has 1 aromatic carbocycles. The van der Waals surface area contributed by atoms with E-state index >= 15 is 0 Å². The van der Waals surface area contributed by atoms with E-state index < -0.39 is 42.4 Å². The maximum absolute atomic E-state index is 12.6. The number of carboxylic acids is 1. The van der Waals surface area contributed by atoms with Gasteiger partial charge in [0.2, 0.25) is 18.1 Å². The molecule has 3 unspecified atom stereocenters. The third-order valence-corrected chi connectivity index (χ3v) is 6.27. The van der Waals surface area contributed by atoms with Gasteiger partial charge in [-0.05, 0) is 35.9 Å². The third kappa shape index (κ3) is 14.1. The number of nitrogens with one attached hydrogen (secondary N) is 3. The summed E-state index contributed by atoms with van der Waals surface area (Å²) in [5.41, 5.74) is 0.643. The molecule has 1 aliphatic rings. The van der Waals surface area contributed by atoms with Gasteiger partial charge in [0.05, 0.1) is 11.8 Å². The first kappa shape index (κ1) is 36.9. The zero-order valence-corrected chi connectivity index (χ0v) is 25.1. The Morgan fingerprint density at radius 2 is 1.83 bits per heavy atom. The lowest BCUT2D eigenvalue weighted by Crippen LogP contribution is -2.52. The molecule has 14 heteroatoms. The van der Waals surface area contributed by atoms with Crippen LogP contribution in [0, 0.1) is 0 Å². The lowest BCUT2D eigenvalue weighted by Gasteiger charge is -2.35. The number of carbonyl (C=O) groups is 4. The van der Waals surface area contributed by atoms with Crippen LogP contribution in [-0.2, 0) is 35.3 Å². The molecule has 0 spiro atoms. The fourth-order valence-corrected chi connectivity index (χ4v) is 4.05. The molecule has 1 aromatic rings. The zero-order valence-electron chi connectivity index (χ0n) is 24.3. The van der Waals surface area contributed by atoms with Crippen molar-refractivity contribution in [3.05, 3.63) is 35.7 Å². The Morgan fingerprint density at radius 1 is 1.10 bits per heavy atom. The standard InChI is InChI=1S/C26H37N3O10S.C2H6/c1-3-40-28-11-6-4-5-7-22(32)27-12-10-23(33)29-18-13-17(15-37-16(2)30)8-9-20(18)38-26-24(34)19(31)14-21(39-26)25(35)36;1-2/h3,8-9,13,19,21,24,26,28,31,34H,1,4-7,10-12,14-15H2,2H3,(H,27,32)(H,29,33)(H,35,36);1-2H3/t19?,21?,24-,26?;/m1./s1. The van der Waals surface area contributed by atoms with Gasteiger partial charge < -0.3 is 40.2 Å². The maximum atomic E-state index is 12.6. The maximum Gasteiger partial charge on any atom is 0.333 e. The van der Waals surface area contributed by atoms with Crippen molar-refractivity contribution in [2.45, 2.75) is 90.5 Å². The molecule has 0 saturated carbocycles. The summed E-state index contributed by atoms with van der Waals surface area (Å²) in [6.45, 7) is 9.68. The van der Waals surface area contributed by atoms with Crippen LogP contribution in [0.4, 0.5) is 5.69 Å². The smallest absolute Gasteiger partial charge is 0.333 e. The summed E-state index contributed by atoms with van der Waals surface area (Å²) in [6, 6.07) is 4.45. The summed E-state index contributed by atoms with van der Waals surface area (Å²) in [5, 5.41) is 36.6. The first-order valence-corrected chi connectivity index (χ1v) is 14.7. The largest absolute Gasteiger partial charge is 0.479 e. The molecule has 0 radical (unpaired) electrons. The first-order valence-electron chi connectivity index (χ1n) is 13.8. The summed E-state index contributed by atoms with van der Waals surface area (Å²) in [6.07, 6.45) is -3.37. The van der Waals surface area contributed by atoms with Crippen LogP contribution >= 0.6 is 11.9 Å². The van der Waals surface area contributed by atoms with E-state index in [2.05, 4.69) is 21.9 Å². The number of unbranched alkanes of at least 4 members (excludes halogenated alkanes) is 2. The summed E-state index contributed by atoms with van der Waals surface area (Å²) in [4.78, 5) is 47.2. The van der Waals surface area contributed by atoms with E-state index in [9.17, 15) is 34.5 Å². The Morgan fingerprint density at radius 3 is 2.50 bits per heavy atom. The first-order chi connectivity index (χ1) is 20.1. The summed E-state index contributed by atoms with van der Waals surface area (Å²) < 4.78 is 19.1. The van der Waals surface area contributed by atoms with Crippen LogP contribution in [0.1, 0.15) is 64.9 Å². The fraction of sp³-hybridized carbons (Fsp3) is 0.571. The second kappa shape index (κ2) is 20.7. The number of benzene rings is 1. The molecule has 236 valence electrons. The molecule has 0 aliphatic carbocycles. The number of rotatable bonds is 17. The van der Waals surface area contributed by atoms with E-state index in [4.69, 9.17) is 14.2 Å². The van der Waals surface area contributed by atoms with Gasteiger partial charge >= 0.3 is 11.9 Å². The van der Waals surface area contributed by atoms with E-state index in [1.165, 1.54) is 31.0 Å². The van der Waals surface area contributed by atoms with Crippen molar-refractivity contribution in [3.63, 3.8) is 0 Å². The third-order valence-electron chi connectivity index (χ3n) is 5.73. The number of aliphatic hydroxyl groups is 2. The molecule has 2 rings (SSSR count). The number of amides is 2. The van der Waals surface area contributed by atoms with E-state index in [1.54, 1.807) is 11.5 Å². The van der Waals surface area contributed by atoms with Crippen molar-refractivity contribution in [3.8, 4) is 5.75 Å². The molecule has 1 saturated heterocycles. The molecule has 42 heavy (non-hydrogen) atoms. The van der Waals surface area contributed by atoms with Crippen LogP contribution in [0.3, 0.4) is 0 Å². The van der Waals surface area contributed by atoms with Gasteiger partial charge in [0.15, 0.2) is 6.10 Å². The second-order valence-electron chi connectivity index (χ2n) is 8.99. The van der Waals surface area contributed by atoms with Crippen LogP contribution in [0.5, 0.6) is 5.75 Å². The molecule has 13 nitrogen and oxygen atoms in total. The van der Waals surface area contributed by atoms with Crippen molar-refractivity contribution < 1.29 is 48.7 Å². The van der Waals surface area contributed by atoms with Crippen molar-refractivity contribution in [1.29, 1.82) is 0 Å². The Hall–Kier alpha value is -3.17. The van der Waals surface area contributed by atoms with Crippen LogP contribution in [0.2, 0.25) is 0 Å². The van der Waals surface area contributed by atoms with Crippen molar-refractivity contribution in [2.24, 2.45) is 0 Å². The molecular weight excluding hydrogens is 570 g/mol. The number of carboxylic acid groups (broad SMARTS) is 1. The monoisotopic (exact) mass is 613 g/mol. The Kier molecular flexibility index (Phi) is 18.1. The molecule has 4 atom stereocenters. The number of hydrogen-bond acceptors (Lipinski definition) is 11. The van der Waals surface area contributed by atoms with Gasteiger partial charge in [-0.1, -0.05) is 44.9 Å².